The van der Waals surface area contributed by atoms with Crippen molar-refractivity contribution in [3.63, 3.8) is 0 Å². The molecule has 0 fully saturated rings. The van der Waals surface area contributed by atoms with Gasteiger partial charge in [-0.2, -0.15) is 0 Å². The average molecular weight is 262 g/mol. The number of nitrogens with one attached hydrogen (secondary N) is 2. The summed E-state index contributed by atoms with van der Waals surface area (Å²) in [6.45, 7) is 8.17. The lowest BCUT2D eigenvalue weighted by molar-refractivity contribution is 0.0953. The molecule has 0 heterocycles. The molecule has 0 aliphatic heterocycles. The highest BCUT2D eigenvalue weighted by Gasteiger charge is 2.06. The smallest absolute Gasteiger partial charge is 0.251 e. The molecule has 0 unspecified atom stereocenters. The predicted octanol–water partition coefficient (Wildman–Crippen LogP) is 3.67. The van der Waals surface area contributed by atoms with Gasteiger partial charge in [-0.1, -0.05) is 39.7 Å². The number of carbonyl (C=O) groups is 1. The summed E-state index contributed by atoms with van der Waals surface area (Å²) in [4.78, 5) is 11.9. The van der Waals surface area contributed by atoms with Crippen LogP contribution in [0.1, 0.15) is 50.4 Å². The Kier molecular flexibility index (Phi) is 7.01. The molecule has 0 aliphatic rings. The van der Waals surface area contributed by atoms with Gasteiger partial charge >= 0.3 is 0 Å². The van der Waals surface area contributed by atoms with E-state index >= 15 is 0 Å². The van der Waals surface area contributed by atoms with Gasteiger partial charge in [0.25, 0.3) is 5.91 Å². The molecule has 0 aliphatic carbocycles. The highest BCUT2D eigenvalue weighted by molar-refractivity contribution is 5.95. The van der Waals surface area contributed by atoms with Crippen molar-refractivity contribution in [3.05, 3.63) is 29.8 Å². The minimum atomic E-state index is 0.00744. The Hall–Kier alpha value is -1.51. The van der Waals surface area contributed by atoms with E-state index in [0.717, 1.165) is 30.8 Å². The van der Waals surface area contributed by atoms with Crippen molar-refractivity contribution in [2.24, 2.45) is 5.92 Å². The molecule has 1 rings (SSSR count). The molecule has 1 amide bonds. The summed E-state index contributed by atoms with van der Waals surface area (Å²) >= 11 is 0. The van der Waals surface area contributed by atoms with Crippen LogP contribution in [0.25, 0.3) is 0 Å². The minimum Gasteiger partial charge on any atom is -0.385 e. The quantitative estimate of drug-likeness (QED) is 0.750. The van der Waals surface area contributed by atoms with Crippen molar-refractivity contribution in [1.29, 1.82) is 0 Å². The van der Waals surface area contributed by atoms with Gasteiger partial charge in [0, 0.05) is 24.3 Å². The maximum Gasteiger partial charge on any atom is 0.251 e. The number of rotatable bonds is 8. The molecule has 1 aromatic carbocycles. The highest BCUT2D eigenvalue weighted by atomic mass is 16.1. The lowest BCUT2D eigenvalue weighted by Crippen LogP contribution is -2.24. The monoisotopic (exact) mass is 262 g/mol. The fourth-order valence-electron chi connectivity index (χ4n) is 1.95. The van der Waals surface area contributed by atoms with E-state index in [-0.39, 0.29) is 5.91 Å². The highest BCUT2D eigenvalue weighted by Crippen LogP contribution is 2.13. The van der Waals surface area contributed by atoms with Crippen LogP contribution in [0.15, 0.2) is 24.3 Å². The number of hydrogen-bond acceptors (Lipinski definition) is 2. The Morgan fingerprint density at radius 1 is 1.21 bits per heavy atom. The Labute approximate surface area is 116 Å². The van der Waals surface area contributed by atoms with E-state index in [1.165, 1.54) is 12.8 Å². The SMILES string of the molecule is CCCNC(=O)c1cccc(NCC(CC)CC)c1. The molecule has 0 radical (unpaired) electrons. The topological polar surface area (TPSA) is 41.1 Å². The van der Waals surface area contributed by atoms with Crippen LogP contribution in [-0.4, -0.2) is 19.0 Å². The van der Waals surface area contributed by atoms with Gasteiger partial charge in [0.1, 0.15) is 0 Å². The van der Waals surface area contributed by atoms with Gasteiger partial charge in [0.2, 0.25) is 0 Å². The van der Waals surface area contributed by atoms with Crippen molar-refractivity contribution in [2.75, 3.05) is 18.4 Å². The number of carbonyl (C=O) groups excluding carboxylic acids is 1. The Bertz CT molecular complexity index is 386. The molecule has 0 saturated carbocycles. The van der Waals surface area contributed by atoms with E-state index in [0.29, 0.717) is 5.92 Å². The van der Waals surface area contributed by atoms with Crippen molar-refractivity contribution >= 4 is 11.6 Å². The molecule has 1 aromatic rings. The molecular weight excluding hydrogens is 236 g/mol. The summed E-state index contributed by atoms with van der Waals surface area (Å²) in [6, 6.07) is 7.72. The van der Waals surface area contributed by atoms with Gasteiger partial charge in [-0.15, -0.1) is 0 Å². The number of hydrogen-bond donors (Lipinski definition) is 2. The summed E-state index contributed by atoms with van der Waals surface area (Å²) in [7, 11) is 0. The molecule has 106 valence electrons. The average Bonchev–Trinajstić information content (AvgIpc) is 2.46. The lowest BCUT2D eigenvalue weighted by atomic mass is 10.0. The Morgan fingerprint density at radius 3 is 2.58 bits per heavy atom. The van der Waals surface area contributed by atoms with E-state index in [4.69, 9.17) is 0 Å². The van der Waals surface area contributed by atoms with Crippen LogP contribution in [0.2, 0.25) is 0 Å². The first kappa shape index (κ1) is 15.5. The Balaban J connectivity index is 2.58. The summed E-state index contributed by atoms with van der Waals surface area (Å²) < 4.78 is 0. The molecule has 2 N–H and O–H groups in total. The first-order valence-corrected chi connectivity index (χ1v) is 7.33. The zero-order valence-corrected chi connectivity index (χ0v) is 12.3. The lowest BCUT2D eigenvalue weighted by Gasteiger charge is -2.14. The van der Waals surface area contributed by atoms with Crippen LogP contribution < -0.4 is 10.6 Å². The first-order chi connectivity index (χ1) is 9.21. The van der Waals surface area contributed by atoms with Gasteiger partial charge in [-0.05, 0) is 30.5 Å². The maximum absolute atomic E-state index is 11.9. The summed E-state index contributed by atoms with van der Waals surface area (Å²) in [5.74, 6) is 0.700. The third kappa shape index (κ3) is 5.33. The standard InChI is InChI=1S/C16H26N2O/c1-4-10-17-16(19)14-8-7-9-15(11-14)18-12-13(5-2)6-3/h7-9,11,13,18H,4-6,10,12H2,1-3H3,(H,17,19). The molecule has 0 spiro atoms. The third-order valence-corrected chi connectivity index (χ3v) is 3.41. The van der Waals surface area contributed by atoms with E-state index in [1.54, 1.807) is 0 Å². The van der Waals surface area contributed by atoms with Gasteiger partial charge in [0.05, 0.1) is 0 Å². The summed E-state index contributed by atoms with van der Waals surface area (Å²) in [5, 5.41) is 6.31. The van der Waals surface area contributed by atoms with Gasteiger partial charge in [-0.25, -0.2) is 0 Å². The number of amides is 1. The van der Waals surface area contributed by atoms with Gasteiger partial charge in [-0.3, -0.25) is 4.79 Å². The largest absolute Gasteiger partial charge is 0.385 e. The molecule has 3 nitrogen and oxygen atoms in total. The second-order valence-corrected chi connectivity index (χ2v) is 4.90. The maximum atomic E-state index is 11.9. The molecule has 0 atom stereocenters. The van der Waals surface area contributed by atoms with E-state index in [1.807, 2.05) is 31.2 Å². The van der Waals surface area contributed by atoms with Gasteiger partial charge < -0.3 is 10.6 Å². The van der Waals surface area contributed by atoms with Crippen molar-refractivity contribution < 1.29 is 4.79 Å². The number of benzene rings is 1. The molecule has 0 bridgehead atoms. The summed E-state index contributed by atoms with van der Waals surface area (Å²) in [6.07, 6.45) is 3.32. The summed E-state index contributed by atoms with van der Waals surface area (Å²) in [5.41, 5.74) is 1.75. The number of anilines is 1. The molecule has 19 heavy (non-hydrogen) atoms. The van der Waals surface area contributed by atoms with Crippen molar-refractivity contribution in [3.8, 4) is 0 Å². The predicted molar refractivity (Wildman–Crippen MR) is 81.6 cm³/mol. The Morgan fingerprint density at radius 2 is 1.95 bits per heavy atom. The van der Waals surface area contributed by atoms with Crippen LogP contribution in [0.3, 0.4) is 0 Å². The van der Waals surface area contributed by atoms with E-state index in [9.17, 15) is 4.79 Å². The van der Waals surface area contributed by atoms with Crippen molar-refractivity contribution in [1.82, 2.24) is 5.32 Å². The van der Waals surface area contributed by atoms with Crippen LogP contribution in [0.4, 0.5) is 5.69 Å². The van der Waals surface area contributed by atoms with Crippen LogP contribution in [-0.2, 0) is 0 Å². The molecule has 0 saturated heterocycles. The first-order valence-electron chi connectivity index (χ1n) is 7.33. The molecule has 3 heteroatoms. The van der Waals surface area contributed by atoms with Crippen LogP contribution in [0.5, 0.6) is 0 Å². The van der Waals surface area contributed by atoms with E-state index < -0.39 is 0 Å². The second kappa shape index (κ2) is 8.57. The molecule has 0 aromatic heterocycles. The third-order valence-electron chi connectivity index (χ3n) is 3.41. The zero-order valence-electron chi connectivity index (χ0n) is 12.3. The van der Waals surface area contributed by atoms with Crippen molar-refractivity contribution in [2.45, 2.75) is 40.0 Å². The van der Waals surface area contributed by atoms with Crippen LogP contribution in [0, 0.1) is 5.92 Å². The van der Waals surface area contributed by atoms with Crippen LogP contribution >= 0.6 is 0 Å². The second-order valence-electron chi connectivity index (χ2n) is 4.90. The fraction of sp³-hybridized carbons (Fsp3) is 0.562. The molecular formula is C16H26N2O. The van der Waals surface area contributed by atoms with Gasteiger partial charge in [0.15, 0.2) is 0 Å². The fourth-order valence-corrected chi connectivity index (χ4v) is 1.95. The van der Waals surface area contributed by atoms with E-state index in [2.05, 4.69) is 24.5 Å². The normalized spacial score (nSPS) is 10.5. The minimum absolute atomic E-state index is 0.00744. The zero-order chi connectivity index (χ0) is 14.1.